The number of ether oxygens (including phenoxy) is 2. The summed E-state index contributed by atoms with van der Waals surface area (Å²) in [6.45, 7) is 3.07. The van der Waals surface area contributed by atoms with Crippen molar-refractivity contribution in [2.45, 2.75) is 172 Å². The van der Waals surface area contributed by atoms with Gasteiger partial charge in [-0.1, -0.05) is 133 Å². The first-order valence-electron chi connectivity index (χ1n) is 19.5. The summed E-state index contributed by atoms with van der Waals surface area (Å²) < 4.78 is 33.3. The first-order valence-corrected chi connectivity index (χ1v) is 21.0. The average Bonchev–Trinajstić information content (AvgIpc) is 3.13. The zero-order valence-corrected chi connectivity index (χ0v) is 32.7. The second-order valence-electron chi connectivity index (χ2n) is 13.5. The van der Waals surface area contributed by atoms with Crippen molar-refractivity contribution in [3.8, 4) is 0 Å². The van der Waals surface area contributed by atoms with Crippen LogP contribution in [0, 0.1) is 0 Å². The van der Waals surface area contributed by atoms with Crippen molar-refractivity contribution >= 4 is 19.8 Å². The second kappa shape index (κ2) is 30.1. The number of phosphoric acid groups is 1. The first kappa shape index (κ1) is 48.8. The van der Waals surface area contributed by atoms with Crippen LogP contribution in [0.3, 0.4) is 0 Å². The van der Waals surface area contributed by atoms with E-state index < -0.39 is 75.7 Å². The number of hydrogen-bond acceptors (Lipinski definition) is 12. The molecule has 0 spiro atoms. The van der Waals surface area contributed by atoms with Crippen LogP contribution in [0.15, 0.2) is 48.6 Å². The third kappa shape index (κ3) is 23.4. The highest BCUT2D eigenvalue weighted by molar-refractivity contribution is 7.47. The molecule has 0 heterocycles. The molecule has 0 aromatic heterocycles. The van der Waals surface area contributed by atoms with Gasteiger partial charge in [0.2, 0.25) is 0 Å². The zero-order valence-electron chi connectivity index (χ0n) is 31.8. The van der Waals surface area contributed by atoms with Gasteiger partial charge in [0.05, 0.1) is 6.61 Å². The number of carbonyl (C=O) groups is 2. The van der Waals surface area contributed by atoms with E-state index in [0.717, 1.165) is 44.9 Å². The summed E-state index contributed by atoms with van der Waals surface area (Å²) in [7, 11) is -5.12. The number of aliphatic hydroxyl groups excluding tert-OH is 5. The number of allylic oxidation sites excluding steroid dienone is 8. The molecular formula is C39H67O13P. The summed E-state index contributed by atoms with van der Waals surface area (Å²) >= 11 is 0. The molecule has 53 heavy (non-hydrogen) atoms. The molecule has 6 N–H and O–H groups in total. The number of carbonyl (C=O) groups excluding carboxylic acids is 2. The third-order valence-corrected chi connectivity index (χ3v) is 9.76. The Morgan fingerprint density at radius 3 is 1.64 bits per heavy atom. The van der Waals surface area contributed by atoms with Crippen LogP contribution >= 0.6 is 7.82 Å². The second-order valence-corrected chi connectivity index (χ2v) is 14.9. The molecule has 1 aliphatic carbocycles. The molecule has 1 saturated carbocycles. The van der Waals surface area contributed by atoms with E-state index in [1.165, 1.54) is 44.9 Å². The highest BCUT2D eigenvalue weighted by atomic mass is 31.2. The molecule has 14 heteroatoms. The summed E-state index contributed by atoms with van der Waals surface area (Å²) in [5, 5.41) is 49.9. The van der Waals surface area contributed by atoms with Gasteiger partial charge in [-0.05, 0) is 32.1 Å². The van der Waals surface area contributed by atoms with Gasteiger partial charge in [0, 0.05) is 12.8 Å². The number of hydrogen-bond donors (Lipinski definition) is 6. The Morgan fingerprint density at radius 1 is 0.604 bits per heavy atom. The molecular weight excluding hydrogens is 707 g/mol. The van der Waals surface area contributed by atoms with Crippen molar-refractivity contribution in [3.63, 3.8) is 0 Å². The lowest BCUT2D eigenvalue weighted by Crippen LogP contribution is -2.64. The zero-order chi connectivity index (χ0) is 39.3. The molecule has 0 amide bonds. The van der Waals surface area contributed by atoms with Crippen molar-refractivity contribution in [2.75, 3.05) is 13.2 Å². The third-order valence-electron chi connectivity index (χ3n) is 8.78. The number of esters is 2. The van der Waals surface area contributed by atoms with Gasteiger partial charge in [-0.25, -0.2) is 4.57 Å². The predicted octanol–water partition coefficient (Wildman–Crippen LogP) is 6.05. The van der Waals surface area contributed by atoms with Crippen LogP contribution in [0.4, 0.5) is 0 Å². The minimum Gasteiger partial charge on any atom is -0.462 e. The monoisotopic (exact) mass is 774 g/mol. The van der Waals surface area contributed by atoms with E-state index in [1.54, 1.807) is 0 Å². The lowest BCUT2D eigenvalue weighted by Gasteiger charge is -2.41. The summed E-state index contributed by atoms with van der Waals surface area (Å²) in [6, 6.07) is 0. The van der Waals surface area contributed by atoms with Crippen molar-refractivity contribution in [3.05, 3.63) is 48.6 Å². The van der Waals surface area contributed by atoms with Crippen LogP contribution in [-0.2, 0) is 32.7 Å². The molecule has 8 atom stereocenters. The van der Waals surface area contributed by atoms with Crippen molar-refractivity contribution in [2.24, 2.45) is 0 Å². The fourth-order valence-electron chi connectivity index (χ4n) is 5.59. The highest BCUT2D eigenvalue weighted by Gasteiger charge is 2.51. The number of unbranched alkanes of at least 4 members (excludes halogenated alkanes) is 13. The van der Waals surface area contributed by atoms with Gasteiger partial charge in [0.1, 0.15) is 43.2 Å². The maximum absolute atomic E-state index is 12.7. The van der Waals surface area contributed by atoms with Crippen LogP contribution in [0.1, 0.15) is 129 Å². The van der Waals surface area contributed by atoms with E-state index in [9.17, 15) is 44.6 Å². The molecule has 0 bridgehead atoms. The van der Waals surface area contributed by atoms with Crippen LogP contribution in [0.5, 0.6) is 0 Å². The fraction of sp³-hybridized carbons (Fsp3) is 0.744. The molecule has 1 aliphatic rings. The lowest BCUT2D eigenvalue weighted by atomic mass is 9.85. The Bertz CT molecular complexity index is 1120. The molecule has 0 saturated heterocycles. The lowest BCUT2D eigenvalue weighted by molar-refractivity contribution is -0.220. The van der Waals surface area contributed by atoms with Gasteiger partial charge < -0.3 is 39.9 Å². The quantitative estimate of drug-likeness (QED) is 0.0213. The molecule has 1 fully saturated rings. The van der Waals surface area contributed by atoms with Gasteiger partial charge in [-0.3, -0.25) is 18.6 Å². The topological polar surface area (TPSA) is 210 Å². The molecule has 306 valence electrons. The number of rotatable bonds is 30. The minimum absolute atomic E-state index is 0.0503. The molecule has 13 nitrogen and oxygen atoms in total. The summed E-state index contributed by atoms with van der Waals surface area (Å²) in [5.74, 6) is -1.15. The van der Waals surface area contributed by atoms with Crippen LogP contribution in [-0.4, -0.2) is 98.3 Å². The summed E-state index contributed by atoms with van der Waals surface area (Å²) in [4.78, 5) is 35.4. The Morgan fingerprint density at radius 2 is 1.08 bits per heavy atom. The summed E-state index contributed by atoms with van der Waals surface area (Å²) in [6.07, 6.45) is 19.1. The van der Waals surface area contributed by atoms with E-state index in [4.69, 9.17) is 18.5 Å². The van der Waals surface area contributed by atoms with Gasteiger partial charge in [0.25, 0.3) is 0 Å². The molecule has 0 aromatic rings. The first-order chi connectivity index (χ1) is 25.4. The van der Waals surface area contributed by atoms with Crippen molar-refractivity contribution in [1.82, 2.24) is 0 Å². The fourth-order valence-corrected chi connectivity index (χ4v) is 6.56. The van der Waals surface area contributed by atoms with Crippen molar-refractivity contribution in [1.29, 1.82) is 0 Å². The Hall–Kier alpha value is -2.19. The summed E-state index contributed by atoms with van der Waals surface area (Å²) in [5.41, 5.74) is 0. The standard InChI is InChI=1S/C39H67O13P/c1-3-5-7-9-11-13-15-16-18-20-22-24-26-28-33(41)51-31(29-49-32(40)27-25-23-21-19-17-14-12-10-8-6-4-2)30-50-53(47,48)52-39-37(45)35(43)34(42)36(44)38(39)46/h5,7,9,11,13,15-16,18,31,34-39,42-46H,3-4,6,8,10,12,14,17,19-30H2,1-2H3,(H,47,48)/b7-5+,11-9+,15-13+,18-16+/t31?,34?,35-,36?,37?,38?,39?/m1/s1. The number of aliphatic hydroxyl groups is 5. The van der Waals surface area contributed by atoms with Crippen LogP contribution < -0.4 is 0 Å². The van der Waals surface area contributed by atoms with Gasteiger partial charge in [-0.15, -0.1) is 0 Å². The molecule has 0 aliphatic heterocycles. The maximum atomic E-state index is 12.7. The minimum atomic E-state index is -5.12. The van der Waals surface area contributed by atoms with Gasteiger partial charge in [0.15, 0.2) is 6.10 Å². The normalized spacial score (nSPS) is 24.0. The Labute approximate surface area is 316 Å². The van der Waals surface area contributed by atoms with E-state index in [2.05, 4.69) is 19.9 Å². The largest absolute Gasteiger partial charge is 0.472 e. The van der Waals surface area contributed by atoms with E-state index in [1.807, 2.05) is 42.5 Å². The van der Waals surface area contributed by atoms with E-state index >= 15 is 0 Å². The van der Waals surface area contributed by atoms with Gasteiger partial charge in [-0.2, -0.15) is 0 Å². The Balaban J connectivity index is 2.58. The molecule has 0 radical (unpaired) electrons. The van der Waals surface area contributed by atoms with Gasteiger partial charge >= 0.3 is 19.8 Å². The van der Waals surface area contributed by atoms with Crippen LogP contribution in [0.25, 0.3) is 0 Å². The van der Waals surface area contributed by atoms with Crippen molar-refractivity contribution < 1.29 is 63.1 Å². The van der Waals surface area contributed by atoms with Crippen LogP contribution in [0.2, 0.25) is 0 Å². The molecule has 0 aromatic carbocycles. The maximum Gasteiger partial charge on any atom is 0.472 e. The predicted molar refractivity (Wildman–Crippen MR) is 203 cm³/mol. The average molecular weight is 775 g/mol. The van der Waals surface area contributed by atoms with E-state index in [0.29, 0.717) is 12.8 Å². The SMILES string of the molecule is CC/C=C/C=C/C=C/C=C/CCCCCC(=O)OC(COC(=O)CCCCCCCCCCCCC)COP(=O)(O)OC1C(O)C(O)C(O)[C@@H](O)C1O. The smallest absolute Gasteiger partial charge is 0.462 e. The number of phosphoric ester groups is 1. The molecule has 7 unspecified atom stereocenters. The molecule has 1 rings (SSSR count). The Kier molecular flexibility index (Phi) is 27.7. The van der Waals surface area contributed by atoms with E-state index in [-0.39, 0.29) is 12.8 Å². The highest BCUT2D eigenvalue weighted by Crippen LogP contribution is 2.47.